The lowest BCUT2D eigenvalue weighted by Gasteiger charge is -2.10. The fourth-order valence-corrected chi connectivity index (χ4v) is 4.40. The van der Waals surface area contributed by atoms with Crippen LogP contribution >= 0.6 is 0 Å². The molecular formula is C30H26F2O2. The summed E-state index contributed by atoms with van der Waals surface area (Å²) in [6, 6.07) is 17.2. The summed E-state index contributed by atoms with van der Waals surface area (Å²) in [7, 11) is 0. The van der Waals surface area contributed by atoms with E-state index in [9.17, 15) is 8.78 Å². The molecule has 0 aromatic heterocycles. The van der Waals surface area contributed by atoms with Gasteiger partial charge in [0.1, 0.15) is 36.4 Å². The minimum Gasteiger partial charge on any atom is -0.489 e. The summed E-state index contributed by atoms with van der Waals surface area (Å²) in [6.45, 7) is 4.14. The van der Waals surface area contributed by atoms with Gasteiger partial charge in [-0.05, 0) is 90.9 Å². The number of fused-ring (bicyclic) bond motifs is 3. The van der Waals surface area contributed by atoms with Crippen LogP contribution in [0.2, 0.25) is 0 Å². The predicted octanol–water partition coefficient (Wildman–Crippen LogP) is 7.79. The van der Waals surface area contributed by atoms with Gasteiger partial charge in [-0.3, -0.25) is 0 Å². The first-order valence-corrected chi connectivity index (χ1v) is 11.5. The van der Waals surface area contributed by atoms with Crippen molar-refractivity contribution in [2.75, 3.05) is 6.61 Å². The van der Waals surface area contributed by atoms with Gasteiger partial charge in [0.25, 0.3) is 0 Å². The highest BCUT2D eigenvalue weighted by Crippen LogP contribution is 2.40. The summed E-state index contributed by atoms with van der Waals surface area (Å²) in [4.78, 5) is 0. The Labute approximate surface area is 198 Å². The molecule has 0 atom stereocenters. The summed E-state index contributed by atoms with van der Waals surface area (Å²) in [5, 5.41) is 0. The molecule has 2 nitrogen and oxygen atoms in total. The molecule has 0 fully saturated rings. The van der Waals surface area contributed by atoms with E-state index in [4.69, 9.17) is 9.47 Å². The summed E-state index contributed by atoms with van der Waals surface area (Å²) >= 11 is 0. The Kier molecular flexibility index (Phi) is 6.06. The van der Waals surface area contributed by atoms with Crippen LogP contribution in [0.15, 0.2) is 89.8 Å². The monoisotopic (exact) mass is 456 g/mol. The number of aryl methyl sites for hydroxylation is 1. The molecule has 3 aromatic carbocycles. The van der Waals surface area contributed by atoms with Crippen LogP contribution in [0.1, 0.15) is 35.6 Å². The number of halogens is 2. The molecule has 3 aromatic rings. The third-order valence-electron chi connectivity index (χ3n) is 6.29. The fraction of sp³-hybridized carbons (Fsp3) is 0.200. The van der Waals surface area contributed by atoms with E-state index in [-0.39, 0.29) is 24.9 Å². The molecule has 5 rings (SSSR count). The van der Waals surface area contributed by atoms with Gasteiger partial charge in [-0.15, -0.1) is 0 Å². The molecule has 0 N–H and O–H groups in total. The summed E-state index contributed by atoms with van der Waals surface area (Å²) < 4.78 is 40.3. The molecule has 2 aliphatic rings. The van der Waals surface area contributed by atoms with Gasteiger partial charge in [-0.25, -0.2) is 8.78 Å². The van der Waals surface area contributed by atoms with Crippen LogP contribution in [0.3, 0.4) is 0 Å². The van der Waals surface area contributed by atoms with Crippen LogP contribution in [-0.4, -0.2) is 6.61 Å². The first-order chi connectivity index (χ1) is 16.5. The quantitative estimate of drug-likeness (QED) is 0.295. The SMILES string of the molecule is CC1=CCC=C(COc2ccc3c(c2)Cc2cc(OCc4ccc(C)cc4F)ccc2-3)C(F)=C1. The highest BCUT2D eigenvalue weighted by atomic mass is 19.1. The first-order valence-electron chi connectivity index (χ1n) is 11.5. The highest BCUT2D eigenvalue weighted by molar-refractivity contribution is 5.78. The van der Waals surface area contributed by atoms with Crippen molar-refractivity contribution in [2.45, 2.75) is 33.3 Å². The van der Waals surface area contributed by atoms with Gasteiger partial charge in [0.05, 0.1) is 0 Å². The second kappa shape index (κ2) is 9.30. The molecule has 0 amide bonds. The summed E-state index contributed by atoms with van der Waals surface area (Å²) in [6.07, 6.45) is 6.88. The van der Waals surface area contributed by atoms with Crippen molar-refractivity contribution < 1.29 is 18.3 Å². The van der Waals surface area contributed by atoms with Crippen LogP contribution in [0, 0.1) is 12.7 Å². The Morgan fingerprint density at radius 1 is 0.765 bits per heavy atom. The minimum atomic E-state index is -0.248. The Balaban J connectivity index is 1.26. The molecule has 0 radical (unpaired) electrons. The maximum absolute atomic E-state index is 14.3. The average Bonchev–Trinajstić information content (AvgIpc) is 3.08. The Morgan fingerprint density at radius 2 is 1.44 bits per heavy atom. The van der Waals surface area contributed by atoms with Crippen LogP contribution in [0.25, 0.3) is 11.1 Å². The molecule has 0 bridgehead atoms. The van der Waals surface area contributed by atoms with Crippen LogP contribution in [-0.2, 0) is 13.0 Å². The van der Waals surface area contributed by atoms with Crippen molar-refractivity contribution in [3.63, 3.8) is 0 Å². The number of benzene rings is 3. The lowest BCUT2D eigenvalue weighted by molar-refractivity contribution is 0.299. The zero-order chi connectivity index (χ0) is 23.7. The van der Waals surface area contributed by atoms with Gasteiger partial charge in [0, 0.05) is 11.1 Å². The molecule has 34 heavy (non-hydrogen) atoms. The van der Waals surface area contributed by atoms with Crippen molar-refractivity contribution in [3.8, 4) is 22.6 Å². The van der Waals surface area contributed by atoms with Gasteiger partial charge in [-0.2, -0.15) is 0 Å². The van der Waals surface area contributed by atoms with Crippen LogP contribution < -0.4 is 9.47 Å². The van der Waals surface area contributed by atoms with Gasteiger partial charge in [0.15, 0.2) is 0 Å². The third-order valence-corrected chi connectivity index (χ3v) is 6.29. The topological polar surface area (TPSA) is 18.5 Å². The number of hydrogen-bond donors (Lipinski definition) is 0. The number of ether oxygens (including phenoxy) is 2. The van der Waals surface area contributed by atoms with Crippen LogP contribution in [0.5, 0.6) is 11.5 Å². The Bertz CT molecular complexity index is 1350. The molecule has 172 valence electrons. The third kappa shape index (κ3) is 4.67. The summed E-state index contributed by atoms with van der Waals surface area (Å²) in [5.74, 6) is 0.954. The minimum absolute atomic E-state index is 0.186. The number of allylic oxidation sites excluding steroid dienone is 4. The number of rotatable bonds is 6. The molecule has 4 heteroatoms. The molecule has 0 heterocycles. The maximum Gasteiger partial charge on any atom is 0.130 e. The summed E-state index contributed by atoms with van der Waals surface area (Å²) in [5.41, 5.74) is 7.58. The van der Waals surface area contributed by atoms with Crippen LogP contribution in [0.4, 0.5) is 8.78 Å². The standard InChI is InChI=1S/C30H26F2O2/c1-19-4-3-5-21(29(31)12-19)17-33-25-8-10-27-23(15-25)14-24-16-26(9-11-28(24)27)34-18-22-7-6-20(2)13-30(22)32/h4-13,15-16H,3,14,17-18H2,1-2H3. The highest BCUT2D eigenvalue weighted by Gasteiger charge is 2.20. The second-order valence-corrected chi connectivity index (χ2v) is 8.89. The fourth-order valence-electron chi connectivity index (χ4n) is 4.40. The van der Waals surface area contributed by atoms with Crippen molar-refractivity contribution >= 4 is 0 Å². The molecule has 0 aliphatic heterocycles. The van der Waals surface area contributed by atoms with E-state index >= 15 is 0 Å². The number of hydrogen-bond acceptors (Lipinski definition) is 2. The van der Waals surface area contributed by atoms with Crippen molar-refractivity contribution in [3.05, 3.63) is 118 Å². The van der Waals surface area contributed by atoms with Crippen molar-refractivity contribution in [2.24, 2.45) is 0 Å². The van der Waals surface area contributed by atoms with Gasteiger partial charge < -0.3 is 9.47 Å². The van der Waals surface area contributed by atoms with E-state index in [0.29, 0.717) is 17.6 Å². The van der Waals surface area contributed by atoms with E-state index < -0.39 is 0 Å². The lowest BCUT2D eigenvalue weighted by Crippen LogP contribution is -2.02. The molecule has 0 saturated carbocycles. The second-order valence-electron chi connectivity index (χ2n) is 8.89. The first kappa shape index (κ1) is 22.1. The molecule has 0 spiro atoms. The zero-order valence-corrected chi connectivity index (χ0v) is 19.3. The van der Waals surface area contributed by atoms with Crippen molar-refractivity contribution in [1.29, 1.82) is 0 Å². The van der Waals surface area contributed by atoms with E-state index in [1.807, 2.05) is 62.4 Å². The zero-order valence-electron chi connectivity index (χ0n) is 19.3. The molecule has 2 aliphatic carbocycles. The molecule has 0 saturated heterocycles. The van der Waals surface area contributed by atoms with E-state index in [1.165, 1.54) is 6.07 Å². The van der Waals surface area contributed by atoms with E-state index in [1.54, 1.807) is 12.1 Å². The largest absolute Gasteiger partial charge is 0.489 e. The van der Waals surface area contributed by atoms with Gasteiger partial charge >= 0.3 is 0 Å². The predicted molar refractivity (Wildman–Crippen MR) is 131 cm³/mol. The van der Waals surface area contributed by atoms with E-state index in [2.05, 4.69) is 6.07 Å². The smallest absolute Gasteiger partial charge is 0.130 e. The molecule has 0 unspecified atom stereocenters. The Morgan fingerprint density at radius 3 is 2.12 bits per heavy atom. The lowest BCUT2D eigenvalue weighted by atomic mass is 10.1. The molecular weight excluding hydrogens is 430 g/mol. The average molecular weight is 457 g/mol. The Hall–Kier alpha value is -3.66. The normalized spacial score (nSPS) is 14.4. The van der Waals surface area contributed by atoms with E-state index in [0.717, 1.165) is 51.3 Å². The van der Waals surface area contributed by atoms with Crippen molar-refractivity contribution in [1.82, 2.24) is 0 Å². The van der Waals surface area contributed by atoms with Gasteiger partial charge in [-0.1, -0.05) is 42.0 Å². The van der Waals surface area contributed by atoms with Gasteiger partial charge in [0.2, 0.25) is 0 Å². The maximum atomic E-state index is 14.3.